The number of rotatable bonds is 3. The van der Waals surface area contributed by atoms with Gasteiger partial charge in [-0.25, -0.2) is 0 Å². The van der Waals surface area contributed by atoms with Crippen LogP contribution in [0.1, 0.15) is 18.3 Å². The van der Waals surface area contributed by atoms with Crippen LogP contribution in [-0.2, 0) is 11.3 Å². The summed E-state index contributed by atoms with van der Waals surface area (Å²) in [4.78, 5) is 17.4. The van der Waals surface area contributed by atoms with Crippen LogP contribution in [0.15, 0.2) is 18.2 Å². The van der Waals surface area contributed by atoms with Gasteiger partial charge in [0.1, 0.15) is 0 Å². The third-order valence-electron chi connectivity index (χ3n) is 2.11. The first-order valence-corrected chi connectivity index (χ1v) is 4.94. The number of nitrogens with zero attached hydrogens (tertiary/aromatic N) is 2. The molecule has 15 heavy (non-hydrogen) atoms. The van der Waals surface area contributed by atoms with Gasteiger partial charge in [-0.15, -0.1) is 0 Å². The Hall–Kier alpha value is -1.42. The third kappa shape index (κ3) is 3.32. The van der Waals surface area contributed by atoms with E-state index in [1.165, 1.54) is 0 Å². The summed E-state index contributed by atoms with van der Waals surface area (Å²) < 4.78 is 0. The van der Waals surface area contributed by atoms with Crippen molar-refractivity contribution in [2.75, 3.05) is 7.05 Å². The second-order valence-electron chi connectivity index (χ2n) is 3.75. The topological polar surface area (TPSA) is 59.2 Å². The molecule has 1 aromatic heterocycles. The van der Waals surface area contributed by atoms with Crippen LogP contribution in [0.25, 0.3) is 0 Å². The summed E-state index contributed by atoms with van der Waals surface area (Å²) in [7, 11) is 1.73. The standard InChI is InChI=1S/C11H17N3O/c1-8-5-4-6-10(13-8)7-14(3)11(15)9(2)12/h4-6,9H,7,12H2,1-3H3/t9-/m0/s1. The lowest BCUT2D eigenvalue weighted by Gasteiger charge is -2.18. The minimum absolute atomic E-state index is 0.0710. The number of hydrogen-bond acceptors (Lipinski definition) is 3. The van der Waals surface area contributed by atoms with Gasteiger partial charge in [0.05, 0.1) is 18.3 Å². The fourth-order valence-corrected chi connectivity index (χ4v) is 1.36. The van der Waals surface area contributed by atoms with Crippen LogP contribution >= 0.6 is 0 Å². The SMILES string of the molecule is Cc1cccc(CN(C)C(=O)[C@H](C)N)n1. The second-order valence-corrected chi connectivity index (χ2v) is 3.75. The number of carbonyl (C=O) groups is 1. The van der Waals surface area contributed by atoms with Gasteiger partial charge in [-0.1, -0.05) is 6.07 Å². The highest BCUT2D eigenvalue weighted by molar-refractivity contribution is 5.80. The van der Waals surface area contributed by atoms with Crippen molar-refractivity contribution in [2.45, 2.75) is 26.4 Å². The lowest BCUT2D eigenvalue weighted by molar-refractivity contribution is -0.131. The average Bonchev–Trinajstić information content (AvgIpc) is 2.16. The predicted molar refractivity (Wildman–Crippen MR) is 59.1 cm³/mol. The molecular formula is C11H17N3O. The van der Waals surface area contributed by atoms with Crippen LogP contribution in [0, 0.1) is 6.92 Å². The molecule has 2 N–H and O–H groups in total. The van der Waals surface area contributed by atoms with Crippen molar-refractivity contribution in [3.8, 4) is 0 Å². The minimum Gasteiger partial charge on any atom is -0.339 e. The van der Waals surface area contributed by atoms with Gasteiger partial charge in [0.2, 0.25) is 5.91 Å². The van der Waals surface area contributed by atoms with E-state index in [0.717, 1.165) is 11.4 Å². The van der Waals surface area contributed by atoms with Gasteiger partial charge in [0.15, 0.2) is 0 Å². The van der Waals surface area contributed by atoms with E-state index in [-0.39, 0.29) is 5.91 Å². The molecule has 0 aliphatic heterocycles. The summed E-state index contributed by atoms with van der Waals surface area (Å²) in [5, 5.41) is 0. The number of nitrogens with two attached hydrogens (primary N) is 1. The summed E-state index contributed by atoms with van der Waals surface area (Å²) in [6.45, 7) is 4.11. The molecule has 1 heterocycles. The van der Waals surface area contributed by atoms with Crippen LogP contribution in [0.2, 0.25) is 0 Å². The van der Waals surface area contributed by atoms with Crippen LogP contribution in [0.4, 0.5) is 0 Å². The first-order valence-electron chi connectivity index (χ1n) is 4.94. The third-order valence-corrected chi connectivity index (χ3v) is 2.11. The van der Waals surface area contributed by atoms with E-state index in [1.54, 1.807) is 18.9 Å². The van der Waals surface area contributed by atoms with Crippen molar-refractivity contribution >= 4 is 5.91 Å². The zero-order valence-electron chi connectivity index (χ0n) is 9.40. The van der Waals surface area contributed by atoms with E-state index in [9.17, 15) is 4.79 Å². The Labute approximate surface area is 90.1 Å². The minimum atomic E-state index is -0.459. The molecule has 4 nitrogen and oxygen atoms in total. The summed E-state index contributed by atoms with van der Waals surface area (Å²) >= 11 is 0. The molecule has 0 bridgehead atoms. The molecule has 0 unspecified atom stereocenters. The zero-order chi connectivity index (χ0) is 11.4. The molecule has 0 spiro atoms. The fourth-order valence-electron chi connectivity index (χ4n) is 1.36. The van der Waals surface area contributed by atoms with E-state index >= 15 is 0 Å². The fraction of sp³-hybridized carbons (Fsp3) is 0.455. The van der Waals surface area contributed by atoms with E-state index in [2.05, 4.69) is 4.98 Å². The van der Waals surface area contributed by atoms with Gasteiger partial charge in [0, 0.05) is 12.7 Å². The van der Waals surface area contributed by atoms with Crippen LogP contribution < -0.4 is 5.73 Å². The van der Waals surface area contributed by atoms with Gasteiger partial charge < -0.3 is 10.6 Å². The molecule has 0 aliphatic rings. The number of likely N-dealkylation sites (N-methyl/N-ethyl adjacent to an activating group) is 1. The molecule has 0 saturated carbocycles. The molecule has 1 atom stereocenters. The van der Waals surface area contributed by atoms with Crippen molar-refractivity contribution < 1.29 is 4.79 Å². The average molecular weight is 207 g/mol. The lowest BCUT2D eigenvalue weighted by Crippen LogP contribution is -2.39. The van der Waals surface area contributed by atoms with E-state index in [1.807, 2.05) is 25.1 Å². The van der Waals surface area contributed by atoms with Gasteiger partial charge in [-0.3, -0.25) is 9.78 Å². The van der Waals surface area contributed by atoms with Gasteiger partial charge in [0.25, 0.3) is 0 Å². The summed E-state index contributed by atoms with van der Waals surface area (Å²) in [6, 6.07) is 5.30. The number of pyridine rings is 1. The highest BCUT2D eigenvalue weighted by Gasteiger charge is 2.13. The Morgan fingerprint density at radius 3 is 2.80 bits per heavy atom. The molecule has 0 aliphatic carbocycles. The Balaban J connectivity index is 2.66. The summed E-state index contributed by atoms with van der Waals surface area (Å²) in [5.41, 5.74) is 7.34. The van der Waals surface area contributed by atoms with Gasteiger partial charge >= 0.3 is 0 Å². The molecule has 0 fully saturated rings. The maximum absolute atomic E-state index is 11.5. The molecule has 82 valence electrons. The molecule has 1 rings (SSSR count). The van der Waals surface area contributed by atoms with Crippen LogP contribution in [0.5, 0.6) is 0 Å². The number of amides is 1. The van der Waals surface area contributed by atoms with Crippen molar-refractivity contribution in [1.82, 2.24) is 9.88 Å². The van der Waals surface area contributed by atoms with Crippen molar-refractivity contribution in [2.24, 2.45) is 5.73 Å². The van der Waals surface area contributed by atoms with E-state index in [4.69, 9.17) is 5.73 Å². The monoisotopic (exact) mass is 207 g/mol. The number of aryl methyl sites for hydroxylation is 1. The Morgan fingerprint density at radius 2 is 2.27 bits per heavy atom. The predicted octanol–water partition coefficient (Wildman–Crippen LogP) is 0.696. The normalized spacial score (nSPS) is 12.3. The molecule has 0 aromatic carbocycles. The second kappa shape index (κ2) is 4.89. The number of aromatic nitrogens is 1. The maximum Gasteiger partial charge on any atom is 0.239 e. The van der Waals surface area contributed by atoms with Crippen LogP contribution in [0.3, 0.4) is 0 Å². The maximum atomic E-state index is 11.5. The molecule has 1 amide bonds. The first kappa shape index (κ1) is 11.7. The Kier molecular flexibility index (Phi) is 3.80. The molecular weight excluding hydrogens is 190 g/mol. The highest BCUT2D eigenvalue weighted by Crippen LogP contribution is 2.02. The van der Waals surface area contributed by atoms with Crippen molar-refractivity contribution in [3.63, 3.8) is 0 Å². The lowest BCUT2D eigenvalue weighted by atomic mass is 10.2. The molecule has 0 saturated heterocycles. The quantitative estimate of drug-likeness (QED) is 0.793. The van der Waals surface area contributed by atoms with Gasteiger partial charge in [-0.2, -0.15) is 0 Å². The Bertz CT molecular complexity index is 349. The number of hydrogen-bond donors (Lipinski definition) is 1. The van der Waals surface area contributed by atoms with Crippen molar-refractivity contribution in [1.29, 1.82) is 0 Å². The number of carbonyl (C=O) groups excluding carboxylic acids is 1. The van der Waals surface area contributed by atoms with E-state index < -0.39 is 6.04 Å². The van der Waals surface area contributed by atoms with Crippen molar-refractivity contribution in [3.05, 3.63) is 29.6 Å². The zero-order valence-corrected chi connectivity index (χ0v) is 9.40. The molecule has 1 aromatic rings. The van der Waals surface area contributed by atoms with Crippen LogP contribution in [-0.4, -0.2) is 28.9 Å². The molecule has 0 radical (unpaired) electrons. The van der Waals surface area contributed by atoms with E-state index in [0.29, 0.717) is 6.54 Å². The van der Waals surface area contributed by atoms with Gasteiger partial charge in [-0.05, 0) is 26.0 Å². The highest BCUT2D eigenvalue weighted by atomic mass is 16.2. The first-order chi connectivity index (χ1) is 7.00. The summed E-state index contributed by atoms with van der Waals surface area (Å²) in [5.74, 6) is -0.0710. The summed E-state index contributed by atoms with van der Waals surface area (Å²) in [6.07, 6.45) is 0. The molecule has 4 heteroatoms. The largest absolute Gasteiger partial charge is 0.339 e. The smallest absolute Gasteiger partial charge is 0.239 e. The Morgan fingerprint density at radius 1 is 1.60 bits per heavy atom.